The number of halogens is 1. The number of carbonyl (C=O) groups excluding carboxylic acids is 2. The van der Waals surface area contributed by atoms with E-state index in [2.05, 4.69) is 15.0 Å². The van der Waals surface area contributed by atoms with Gasteiger partial charge in [0.15, 0.2) is 12.9 Å². The van der Waals surface area contributed by atoms with Gasteiger partial charge < -0.3 is 9.47 Å². The second kappa shape index (κ2) is 7.86. The Bertz CT molecular complexity index is 510. The monoisotopic (exact) mass is 315 g/mol. The molecule has 7 nitrogen and oxygen atoms in total. The van der Waals surface area contributed by atoms with E-state index in [9.17, 15) is 14.0 Å². The average Bonchev–Trinajstić information content (AvgIpc) is 2.89. The van der Waals surface area contributed by atoms with Gasteiger partial charge >= 0.3 is 11.9 Å². The number of alkyl halides is 1. The quantitative estimate of drug-likeness (QED) is 0.712. The molecule has 0 aliphatic rings. The van der Waals surface area contributed by atoms with E-state index in [4.69, 9.17) is 4.74 Å². The number of esters is 2. The summed E-state index contributed by atoms with van der Waals surface area (Å²) in [6, 6.07) is 0. The fourth-order valence-corrected chi connectivity index (χ4v) is 1.48. The summed E-state index contributed by atoms with van der Waals surface area (Å²) in [4.78, 5) is 22.8. The van der Waals surface area contributed by atoms with Crippen molar-refractivity contribution in [2.75, 3.05) is 6.61 Å². The molecule has 1 atom stereocenters. The van der Waals surface area contributed by atoms with Crippen LogP contribution in [-0.4, -0.2) is 39.7 Å². The number of rotatable bonds is 7. The number of aromatic nitrogens is 3. The van der Waals surface area contributed by atoms with E-state index in [-0.39, 0.29) is 32.1 Å². The van der Waals surface area contributed by atoms with E-state index in [0.717, 1.165) is 0 Å². The summed E-state index contributed by atoms with van der Waals surface area (Å²) in [5.41, 5.74) is -0.0800. The van der Waals surface area contributed by atoms with Crippen molar-refractivity contribution in [3.05, 3.63) is 11.9 Å². The van der Waals surface area contributed by atoms with Crippen LogP contribution in [0.1, 0.15) is 39.8 Å². The van der Waals surface area contributed by atoms with Gasteiger partial charge in [-0.3, -0.25) is 4.79 Å². The Balaban J connectivity index is 2.42. The van der Waals surface area contributed by atoms with E-state index in [1.165, 1.54) is 4.68 Å². The molecule has 1 aromatic rings. The second-order valence-corrected chi connectivity index (χ2v) is 5.82. The average molecular weight is 315 g/mol. The first-order valence-electron chi connectivity index (χ1n) is 7.11. The molecule has 0 radical (unpaired) electrons. The van der Waals surface area contributed by atoms with Gasteiger partial charge in [-0.25, -0.2) is 13.9 Å². The highest BCUT2D eigenvalue weighted by molar-refractivity contribution is 5.75. The third-order valence-corrected chi connectivity index (χ3v) is 2.72. The molecule has 1 rings (SSSR count). The lowest BCUT2D eigenvalue weighted by molar-refractivity contribution is -0.157. The predicted molar refractivity (Wildman–Crippen MR) is 75.4 cm³/mol. The van der Waals surface area contributed by atoms with Gasteiger partial charge in [-0.15, -0.1) is 5.10 Å². The molecule has 8 heteroatoms. The van der Waals surface area contributed by atoms with Gasteiger partial charge in [0.25, 0.3) is 0 Å². The van der Waals surface area contributed by atoms with Crippen molar-refractivity contribution < 1.29 is 23.5 Å². The molecular formula is C14H22FN3O4. The lowest BCUT2D eigenvalue weighted by Crippen LogP contribution is -2.24. The first-order chi connectivity index (χ1) is 10.2. The van der Waals surface area contributed by atoms with Gasteiger partial charge in [0, 0.05) is 0 Å². The molecule has 124 valence electrons. The fourth-order valence-electron chi connectivity index (χ4n) is 1.48. The largest absolute Gasteiger partial charge is 0.464 e. The minimum absolute atomic E-state index is 0.0285. The Kier molecular flexibility index (Phi) is 6.45. The van der Waals surface area contributed by atoms with Gasteiger partial charge in [0.2, 0.25) is 0 Å². The Morgan fingerprint density at radius 1 is 1.36 bits per heavy atom. The first-order valence-corrected chi connectivity index (χ1v) is 7.11. The summed E-state index contributed by atoms with van der Waals surface area (Å²) in [6.07, 6.45) is 0.0872. The van der Waals surface area contributed by atoms with Crippen molar-refractivity contribution in [2.45, 2.75) is 53.4 Å². The van der Waals surface area contributed by atoms with Crippen molar-refractivity contribution >= 4 is 11.9 Å². The highest BCUT2D eigenvalue weighted by atomic mass is 19.1. The number of carbonyl (C=O) groups is 2. The Morgan fingerprint density at radius 3 is 2.64 bits per heavy atom. The van der Waals surface area contributed by atoms with Gasteiger partial charge in [0.05, 0.1) is 23.9 Å². The van der Waals surface area contributed by atoms with E-state index < -0.39 is 17.6 Å². The van der Waals surface area contributed by atoms with Crippen molar-refractivity contribution in [3.8, 4) is 0 Å². The Hall–Kier alpha value is -1.99. The molecule has 0 saturated carbocycles. The van der Waals surface area contributed by atoms with E-state index in [1.807, 2.05) is 0 Å². The van der Waals surface area contributed by atoms with E-state index in [1.54, 1.807) is 33.9 Å². The molecule has 0 aliphatic heterocycles. The Morgan fingerprint density at radius 2 is 2.05 bits per heavy atom. The fraction of sp³-hybridized carbons (Fsp3) is 0.714. The van der Waals surface area contributed by atoms with Crippen LogP contribution < -0.4 is 0 Å². The van der Waals surface area contributed by atoms with Gasteiger partial charge in [-0.2, -0.15) is 0 Å². The molecule has 1 aromatic heterocycles. The maximum Gasteiger partial charge on any atom is 0.340 e. The third-order valence-electron chi connectivity index (χ3n) is 2.72. The van der Waals surface area contributed by atoms with Crippen LogP contribution in [0.15, 0.2) is 6.20 Å². The molecule has 0 aromatic carbocycles. The molecule has 0 bridgehead atoms. The number of hydrogen-bond acceptors (Lipinski definition) is 6. The molecule has 0 aliphatic carbocycles. The van der Waals surface area contributed by atoms with Crippen LogP contribution in [0.4, 0.5) is 4.39 Å². The molecule has 22 heavy (non-hydrogen) atoms. The summed E-state index contributed by atoms with van der Waals surface area (Å²) in [6.45, 7) is 6.96. The normalized spacial score (nSPS) is 12.8. The third kappa shape index (κ3) is 5.79. The molecule has 0 N–H and O–H groups in total. The summed E-state index contributed by atoms with van der Waals surface area (Å²) in [7, 11) is 0. The van der Waals surface area contributed by atoms with Gasteiger partial charge in [0.1, 0.15) is 0 Å². The molecule has 0 amide bonds. The first kappa shape index (κ1) is 18.1. The highest BCUT2D eigenvalue weighted by Gasteiger charge is 2.23. The van der Waals surface area contributed by atoms with Crippen LogP contribution in [0.5, 0.6) is 0 Å². The van der Waals surface area contributed by atoms with Crippen molar-refractivity contribution in [1.82, 2.24) is 15.0 Å². The van der Waals surface area contributed by atoms with Crippen LogP contribution in [0.2, 0.25) is 0 Å². The predicted octanol–water partition coefficient (Wildman–Crippen LogP) is 1.66. The smallest absolute Gasteiger partial charge is 0.340 e. The zero-order valence-corrected chi connectivity index (χ0v) is 13.3. The van der Waals surface area contributed by atoms with Gasteiger partial charge in [-0.1, -0.05) is 5.21 Å². The highest BCUT2D eigenvalue weighted by Crippen LogP contribution is 2.15. The van der Waals surface area contributed by atoms with E-state index >= 15 is 0 Å². The summed E-state index contributed by atoms with van der Waals surface area (Å²) < 4.78 is 24.5. The zero-order chi connectivity index (χ0) is 16.8. The molecule has 1 heterocycles. The Labute approximate surface area is 128 Å². The standard InChI is InChI=1S/C14H22FN3O4/c1-5-21-12(19)11(15)7-6-10-8-18(17-16-10)9-22-13(20)14(2,3)4/h8,11H,5-7,9H2,1-4H3. The van der Waals surface area contributed by atoms with Gasteiger partial charge in [-0.05, 0) is 40.5 Å². The number of aryl methyl sites for hydroxylation is 1. The maximum atomic E-state index is 13.5. The summed E-state index contributed by atoms with van der Waals surface area (Å²) in [5.74, 6) is -1.22. The zero-order valence-electron chi connectivity index (χ0n) is 13.3. The van der Waals surface area contributed by atoms with Crippen molar-refractivity contribution in [2.24, 2.45) is 5.41 Å². The maximum absolute atomic E-state index is 13.5. The lowest BCUT2D eigenvalue weighted by Gasteiger charge is -2.15. The minimum atomic E-state index is -1.68. The molecule has 1 unspecified atom stereocenters. The van der Waals surface area contributed by atoms with Crippen LogP contribution >= 0.6 is 0 Å². The molecule has 0 fully saturated rings. The van der Waals surface area contributed by atoms with Crippen LogP contribution in [0, 0.1) is 5.41 Å². The van der Waals surface area contributed by atoms with Crippen LogP contribution in [-0.2, 0) is 32.2 Å². The van der Waals surface area contributed by atoms with E-state index in [0.29, 0.717) is 5.69 Å². The van der Waals surface area contributed by atoms with Crippen LogP contribution in [0.3, 0.4) is 0 Å². The lowest BCUT2D eigenvalue weighted by atomic mass is 9.98. The van der Waals surface area contributed by atoms with Crippen molar-refractivity contribution in [3.63, 3.8) is 0 Å². The number of hydrogen-bond donors (Lipinski definition) is 0. The minimum Gasteiger partial charge on any atom is -0.464 e. The van der Waals surface area contributed by atoms with Crippen LogP contribution in [0.25, 0.3) is 0 Å². The molecule has 0 saturated heterocycles. The molecular weight excluding hydrogens is 293 g/mol. The summed E-state index contributed by atoms with van der Waals surface area (Å²) >= 11 is 0. The topological polar surface area (TPSA) is 83.3 Å². The number of nitrogens with zero attached hydrogens (tertiary/aromatic N) is 3. The van der Waals surface area contributed by atoms with Crippen molar-refractivity contribution in [1.29, 1.82) is 0 Å². The second-order valence-electron chi connectivity index (χ2n) is 5.82. The summed E-state index contributed by atoms with van der Waals surface area (Å²) in [5, 5.41) is 7.62. The SMILES string of the molecule is CCOC(=O)C(F)CCc1cn(COC(=O)C(C)(C)C)nn1. The number of ether oxygens (including phenoxy) is 2. The molecule has 0 spiro atoms.